The third-order valence-corrected chi connectivity index (χ3v) is 4.57. The van der Waals surface area contributed by atoms with Gasteiger partial charge in [0.15, 0.2) is 11.5 Å². The number of sulfonamides is 1. The van der Waals surface area contributed by atoms with E-state index in [4.69, 9.17) is 26.8 Å². The molecule has 3 N–H and O–H groups in total. The average molecular weight is 379 g/mol. The Morgan fingerprint density at radius 2 is 1.82 bits per heavy atom. The largest absolute Gasteiger partial charge is 0.486 e. The summed E-state index contributed by atoms with van der Waals surface area (Å²) in [6.45, 7) is -1.51. The van der Waals surface area contributed by atoms with Gasteiger partial charge in [0.1, 0.15) is 18.1 Å². The minimum atomic E-state index is -4.22. The van der Waals surface area contributed by atoms with Crippen LogP contribution in [0.15, 0.2) is 17.0 Å². The number of rotatable bonds is 5. The van der Waals surface area contributed by atoms with Crippen molar-refractivity contribution in [3.63, 3.8) is 0 Å². The minimum absolute atomic E-state index is 0. The number of nitrogens with two attached hydrogens (primary N) is 1. The molecule has 0 aliphatic carbocycles. The first-order valence-electron chi connectivity index (χ1n) is 5.92. The summed E-state index contributed by atoms with van der Waals surface area (Å²) in [5, 5.41) is -0.150. The smallest absolute Gasteiger partial charge is 0.273 e. The Balaban J connectivity index is 0.00000242. The minimum Gasteiger partial charge on any atom is -0.486 e. The van der Waals surface area contributed by atoms with Gasteiger partial charge < -0.3 is 15.2 Å². The third-order valence-electron chi connectivity index (χ3n) is 2.71. The molecular weight excluding hydrogens is 365 g/mol. The van der Waals surface area contributed by atoms with Crippen molar-refractivity contribution < 1.29 is 26.7 Å². The number of hydrogen-bond donors (Lipinski definition) is 2. The number of benzene rings is 1. The maximum absolute atomic E-state index is 13.0. The van der Waals surface area contributed by atoms with E-state index in [0.717, 1.165) is 6.07 Å². The molecule has 0 unspecified atom stereocenters. The first-order valence-corrected chi connectivity index (χ1v) is 7.78. The predicted molar refractivity (Wildman–Crippen MR) is 78.9 cm³/mol. The van der Waals surface area contributed by atoms with Gasteiger partial charge in [0.25, 0.3) is 5.92 Å². The standard InChI is InChI=1S/C11H13ClF2N2O4S.ClH/c12-7-3-8-9(20-2-1-19-8)4-10(7)21(17,18)16-6-11(13,14)5-15;/h3-4,16H,1-2,5-6,15H2;1H. The molecule has 1 aliphatic heterocycles. The molecule has 0 bridgehead atoms. The molecule has 0 spiro atoms. The normalized spacial score (nSPS) is 14.4. The second-order valence-corrected chi connectivity index (χ2v) is 6.45. The zero-order valence-corrected chi connectivity index (χ0v) is 13.5. The molecule has 1 aromatic rings. The van der Waals surface area contributed by atoms with Gasteiger partial charge in [-0.05, 0) is 0 Å². The lowest BCUT2D eigenvalue weighted by Gasteiger charge is -2.20. The second kappa shape index (κ2) is 7.14. The predicted octanol–water partition coefficient (Wildman–Crippen LogP) is 1.41. The lowest BCUT2D eigenvalue weighted by Crippen LogP contribution is -2.41. The molecule has 0 saturated heterocycles. The highest BCUT2D eigenvalue weighted by Crippen LogP contribution is 2.37. The molecule has 2 rings (SSSR count). The number of alkyl halides is 2. The van der Waals surface area contributed by atoms with Crippen molar-refractivity contribution >= 4 is 34.0 Å². The van der Waals surface area contributed by atoms with Crippen molar-refractivity contribution in [1.82, 2.24) is 4.72 Å². The first-order chi connectivity index (χ1) is 9.75. The summed E-state index contributed by atoms with van der Waals surface area (Å²) in [5.74, 6) is -2.85. The maximum atomic E-state index is 13.0. The van der Waals surface area contributed by atoms with E-state index in [-0.39, 0.29) is 34.7 Å². The Hall–Kier alpha value is -0.870. The molecule has 0 fully saturated rings. The van der Waals surface area contributed by atoms with Crippen molar-refractivity contribution in [2.45, 2.75) is 10.8 Å². The van der Waals surface area contributed by atoms with E-state index in [2.05, 4.69) is 0 Å². The molecule has 0 amide bonds. The molecule has 11 heteroatoms. The molecule has 0 aromatic heterocycles. The van der Waals surface area contributed by atoms with Crippen LogP contribution < -0.4 is 19.9 Å². The fraction of sp³-hybridized carbons (Fsp3) is 0.455. The van der Waals surface area contributed by atoms with E-state index >= 15 is 0 Å². The summed E-state index contributed by atoms with van der Waals surface area (Å²) in [7, 11) is -4.22. The molecule has 0 saturated carbocycles. The number of fused-ring (bicyclic) bond motifs is 1. The second-order valence-electron chi connectivity index (χ2n) is 4.31. The van der Waals surface area contributed by atoms with Gasteiger partial charge in [-0.25, -0.2) is 21.9 Å². The molecule has 0 atom stereocenters. The number of halogens is 4. The lowest BCUT2D eigenvalue weighted by atomic mass is 10.3. The zero-order chi connectivity index (χ0) is 15.7. The van der Waals surface area contributed by atoms with Crippen molar-refractivity contribution in [3.8, 4) is 11.5 Å². The van der Waals surface area contributed by atoms with E-state index in [0.29, 0.717) is 12.4 Å². The Morgan fingerprint density at radius 3 is 2.36 bits per heavy atom. The van der Waals surface area contributed by atoms with Gasteiger partial charge in [-0.15, -0.1) is 12.4 Å². The number of ether oxygens (including phenoxy) is 2. The number of hydrogen-bond acceptors (Lipinski definition) is 5. The highest BCUT2D eigenvalue weighted by Gasteiger charge is 2.31. The fourth-order valence-corrected chi connectivity index (χ4v) is 3.19. The van der Waals surface area contributed by atoms with Crippen LogP contribution in [-0.4, -0.2) is 40.6 Å². The first kappa shape index (κ1) is 19.2. The van der Waals surface area contributed by atoms with Crippen LogP contribution in [0.4, 0.5) is 8.78 Å². The SMILES string of the molecule is Cl.NCC(F)(F)CNS(=O)(=O)c1cc2c(cc1Cl)OCCO2. The van der Waals surface area contributed by atoms with E-state index in [1.807, 2.05) is 0 Å². The molecular formula is C11H14Cl2F2N2O4S. The molecule has 0 radical (unpaired) electrons. The average Bonchev–Trinajstić information content (AvgIpc) is 2.44. The molecule has 1 aromatic carbocycles. The maximum Gasteiger partial charge on any atom is 0.273 e. The summed E-state index contributed by atoms with van der Waals surface area (Å²) >= 11 is 5.86. The van der Waals surface area contributed by atoms with Crippen molar-refractivity contribution in [2.24, 2.45) is 5.73 Å². The zero-order valence-electron chi connectivity index (χ0n) is 11.1. The van der Waals surface area contributed by atoms with Gasteiger partial charge in [-0.2, -0.15) is 0 Å². The van der Waals surface area contributed by atoms with Crippen LogP contribution >= 0.6 is 24.0 Å². The van der Waals surface area contributed by atoms with Gasteiger partial charge in [0.05, 0.1) is 18.1 Å². The highest BCUT2D eigenvalue weighted by molar-refractivity contribution is 7.89. The summed E-state index contributed by atoms with van der Waals surface area (Å²) in [6, 6.07) is 2.41. The Bertz CT molecular complexity index is 643. The molecule has 6 nitrogen and oxygen atoms in total. The topological polar surface area (TPSA) is 90.7 Å². The van der Waals surface area contributed by atoms with Gasteiger partial charge >= 0.3 is 0 Å². The molecule has 22 heavy (non-hydrogen) atoms. The van der Waals surface area contributed by atoms with Crippen LogP contribution in [0.3, 0.4) is 0 Å². The van der Waals surface area contributed by atoms with Crippen molar-refractivity contribution in [2.75, 3.05) is 26.3 Å². The Labute approximate surface area is 137 Å². The van der Waals surface area contributed by atoms with Gasteiger partial charge in [0, 0.05) is 12.1 Å². The highest BCUT2D eigenvalue weighted by atomic mass is 35.5. The quantitative estimate of drug-likeness (QED) is 0.807. The monoisotopic (exact) mass is 378 g/mol. The molecule has 126 valence electrons. The van der Waals surface area contributed by atoms with E-state index in [9.17, 15) is 17.2 Å². The van der Waals surface area contributed by atoms with Gasteiger partial charge in [-0.1, -0.05) is 11.6 Å². The summed E-state index contributed by atoms with van der Waals surface area (Å²) in [4.78, 5) is -0.360. The van der Waals surface area contributed by atoms with Crippen molar-refractivity contribution in [1.29, 1.82) is 0 Å². The Kier molecular flexibility index (Phi) is 6.22. The molecule has 1 aliphatic rings. The molecule has 1 heterocycles. The van der Waals surface area contributed by atoms with Crippen LogP contribution in [0.2, 0.25) is 5.02 Å². The summed E-state index contributed by atoms with van der Waals surface area (Å²) < 4.78 is 62.4. The van der Waals surface area contributed by atoms with Crippen molar-refractivity contribution in [3.05, 3.63) is 17.2 Å². The number of nitrogens with one attached hydrogen (secondary N) is 1. The van der Waals surface area contributed by atoms with Crippen LogP contribution in [0, 0.1) is 0 Å². The van der Waals surface area contributed by atoms with E-state index in [1.54, 1.807) is 4.72 Å². The van der Waals surface area contributed by atoms with E-state index in [1.165, 1.54) is 6.07 Å². The van der Waals surface area contributed by atoms with Crippen LogP contribution in [0.1, 0.15) is 0 Å². The lowest BCUT2D eigenvalue weighted by molar-refractivity contribution is 0.0170. The van der Waals surface area contributed by atoms with Crippen LogP contribution in [0.5, 0.6) is 11.5 Å². The van der Waals surface area contributed by atoms with Gasteiger partial charge in [0.2, 0.25) is 10.0 Å². The van der Waals surface area contributed by atoms with Crippen LogP contribution in [-0.2, 0) is 10.0 Å². The fourth-order valence-electron chi connectivity index (χ4n) is 1.60. The van der Waals surface area contributed by atoms with Crippen LogP contribution in [0.25, 0.3) is 0 Å². The van der Waals surface area contributed by atoms with Gasteiger partial charge in [-0.3, -0.25) is 0 Å². The summed E-state index contributed by atoms with van der Waals surface area (Å²) in [6.07, 6.45) is 0. The Morgan fingerprint density at radius 1 is 1.27 bits per heavy atom. The summed E-state index contributed by atoms with van der Waals surface area (Å²) in [5.41, 5.74) is 4.85. The van der Waals surface area contributed by atoms with E-state index < -0.39 is 29.0 Å². The third kappa shape index (κ3) is 4.32.